The summed E-state index contributed by atoms with van der Waals surface area (Å²) in [6.07, 6.45) is 3.01. The van der Waals surface area contributed by atoms with Crippen LogP contribution in [0.1, 0.15) is 15.9 Å². The largest absolute Gasteiger partial charge is 0.493 e. The predicted octanol–water partition coefficient (Wildman–Crippen LogP) is 4.21. The number of allylic oxidation sites excluding steroid dienone is 1. The van der Waals surface area contributed by atoms with Gasteiger partial charge >= 0.3 is 5.97 Å². The van der Waals surface area contributed by atoms with Crippen molar-refractivity contribution < 1.29 is 14.3 Å². The van der Waals surface area contributed by atoms with Crippen LogP contribution in [0.5, 0.6) is 11.5 Å². The maximum absolute atomic E-state index is 12.1. The third kappa shape index (κ3) is 3.96. The summed E-state index contributed by atoms with van der Waals surface area (Å²) in [5.41, 5.74) is 1.22. The Kier molecular flexibility index (Phi) is 5.34. The molecule has 0 bridgehead atoms. The number of carbonyl (C=O) groups is 1. The van der Waals surface area contributed by atoms with Crippen molar-refractivity contribution >= 4 is 28.0 Å². The zero-order chi connectivity index (χ0) is 15.9. The van der Waals surface area contributed by atoms with Gasteiger partial charge in [0.05, 0.1) is 18.7 Å². The molecular weight excluding hydrogens is 346 g/mol. The highest BCUT2D eigenvalue weighted by molar-refractivity contribution is 9.10. The number of hydrogen-bond donors (Lipinski definition) is 0. The van der Waals surface area contributed by atoms with Crippen molar-refractivity contribution in [2.45, 2.75) is 0 Å². The van der Waals surface area contributed by atoms with Crippen molar-refractivity contribution in [1.29, 1.82) is 5.26 Å². The second-order valence-electron chi connectivity index (χ2n) is 4.27. The molecule has 22 heavy (non-hydrogen) atoms. The number of halogens is 1. The Morgan fingerprint density at radius 1 is 1.18 bits per heavy atom. The average Bonchev–Trinajstić information content (AvgIpc) is 2.54. The smallest absolute Gasteiger partial charge is 0.343 e. The van der Waals surface area contributed by atoms with Crippen LogP contribution >= 0.6 is 15.9 Å². The van der Waals surface area contributed by atoms with E-state index < -0.39 is 5.97 Å². The summed E-state index contributed by atoms with van der Waals surface area (Å²) in [5.74, 6) is 0.279. The molecule has 0 saturated heterocycles. The topological polar surface area (TPSA) is 59.3 Å². The van der Waals surface area contributed by atoms with E-state index in [1.54, 1.807) is 48.5 Å². The standard InChI is InChI=1S/C17H12BrNO3/c1-21-16-11-12(3-2-10-19)4-9-15(16)22-17(20)13-5-7-14(18)8-6-13/h2-9,11H,1H3/b3-2-. The van der Waals surface area contributed by atoms with Crippen molar-refractivity contribution in [2.24, 2.45) is 0 Å². The van der Waals surface area contributed by atoms with Gasteiger partial charge in [0.2, 0.25) is 0 Å². The number of nitrogens with zero attached hydrogens (tertiary/aromatic N) is 1. The van der Waals surface area contributed by atoms with Crippen molar-refractivity contribution in [3.8, 4) is 17.6 Å². The minimum absolute atomic E-state index is 0.324. The highest BCUT2D eigenvalue weighted by Crippen LogP contribution is 2.29. The summed E-state index contributed by atoms with van der Waals surface area (Å²) >= 11 is 3.31. The molecule has 5 heteroatoms. The van der Waals surface area contributed by atoms with Crippen molar-refractivity contribution in [1.82, 2.24) is 0 Å². The summed E-state index contributed by atoms with van der Waals surface area (Å²) in [6, 6.07) is 13.9. The molecule has 0 aromatic heterocycles. The quantitative estimate of drug-likeness (QED) is 0.467. The van der Waals surface area contributed by atoms with Gasteiger partial charge in [0.15, 0.2) is 11.5 Å². The van der Waals surface area contributed by atoms with Gasteiger partial charge in [-0.1, -0.05) is 22.0 Å². The van der Waals surface area contributed by atoms with Gasteiger partial charge in [-0.3, -0.25) is 0 Å². The Bertz CT molecular complexity index is 745. The molecule has 2 rings (SSSR count). The number of ether oxygens (including phenoxy) is 2. The second-order valence-corrected chi connectivity index (χ2v) is 5.18. The molecule has 0 aliphatic rings. The zero-order valence-electron chi connectivity index (χ0n) is 11.7. The van der Waals surface area contributed by atoms with Crippen LogP contribution in [0, 0.1) is 11.3 Å². The Morgan fingerprint density at radius 2 is 1.91 bits per heavy atom. The molecule has 110 valence electrons. The zero-order valence-corrected chi connectivity index (χ0v) is 13.3. The summed E-state index contributed by atoms with van der Waals surface area (Å²) < 4.78 is 11.5. The van der Waals surface area contributed by atoms with Crippen molar-refractivity contribution in [3.63, 3.8) is 0 Å². The Morgan fingerprint density at radius 3 is 2.55 bits per heavy atom. The van der Waals surface area contributed by atoms with E-state index in [0.717, 1.165) is 10.0 Å². The highest BCUT2D eigenvalue weighted by atomic mass is 79.9. The Balaban J connectivity index is 2.22. The average molecular weight is 358 g/mol. The number of benzene rings is 2. The van der Waals surface area contributed by atoms with E-state index in [2.05, 4.69) is 15.9 Å². The van der Waals surface area contributed by atoms with Gasteiger partial charge < -0.3 is 9.47 Å². The third-order valence-corrected chi connectivity index (χ3v) is 3.35. The number of rotatable bonds is 4. The van der Waals surface area contributed by atoms with E-state index in [-0.39, 0.29) is 0 Å². The van der Waals surface area contributed by atoms with Crippen LogP contribution in [0.15, 0.2) is 53.0 Å². The molecule has 0 heterocycles. The first-order valence-corrected chi connectivity index (χ1v) is 7.15. The normalized spacial score (nSPS) is 10.2. The van der Waals surface area contributed by atoms with Gasteiger partial charge in [-0.2, -0.15) is 5.26 Å². The number of nitriles is 1. The SMILES string of the molecule is COc1cc(/C=C\C#N)ccc1OC(=O)c1ccc(Br)cc1. The van der Waals surface area contributed by atoms with Crippen LogP contribution < -0.4 is 9.47 Å². The molecule has 0 N–H and O–H groups in total. The molecule has 0 amide bonds. The maximum atomic E-state index is 12.1. The molecular formula is C17H12BrNO3. The number of carbonyl (C=O) groups excluding carboxylic acids is 1. The van der Waals surface area contributed by atoms with E-state index in [1.165, 1.54) is 13.2 Å². The van der Waals surface area contributed by atoms with E-state index in [1.807, 2.05) is 6.07 Å². The van der Waals surface area contributed by atoms with Gasteiger partial charge in [-0.05, 0) is 48.0 Å². The van der Waals surface area contributed by atoms with Gasteiger partial charge in [0.25, 0.3) is 0 Å². The van der Waals surface area contributed by atoms with Crippen LogP contribution in [0.4, 0.5) is 0 Å². The summed E-state index contributed by atoms with van der Waals surface area (Å²) in [5, 5.41) is 8.53. The minimum Gasteiger partial charge on any atom is -0.493 e. The lowest BCUT2D eigenvalue weighted by molar-refractivity contribution is 0.0729. The lowest BCUT2D eigenvalue weighted by Gasteiger charge is -2.10. The summed E-state index contributed by atoms with van der Waals surface area (Å²) in [6.45, 7) is 0. The van der Waals surface area contributed by atoms with Crippen LogP contribution in [0.2, 0.25) is 0 Å². The molecule has 0 saturated carbocycles. The van der Waals surface area contributed by atoms with E-state index >= 15 is 0 Å². The molecule has 0 aliphatic carbocycles. The number of esters is 1. The molecule has 0 radical (unpaired) electrons. The molecule has 0 unspecified atom stereocenters. The van der Waals surface area contributed by atoms with Crippen LogP contribution in [-0.4, -0.2) is 13.1 Å². The van der Waals surface area contributed by atoms with E-state index in [4.69, 9.17) is 14.7 Å². The predicted molar refractivity (Wildman–Crippen MR) is 86.7 cm³/mol. The lowest BCUT2D eigenvalue weighted by atomic mass is 10.2. The van der Waals surface area contributed by atoms with Gasteiger partial charge in [-0.25, -0.2) is 4.79 Å². The third-order valence-electron chi connectivity index (χ3n) is 2.82. The van der Waals surface area contributed by atoms with Crippen LogP contribution in [-0.2, 0) is 0 Å². The first kappa shape index (κ1) is 15.8. The number of methoxy groups -OCH3 is 1. The van der Waals surface area contributed by atoms with E-state index in [0.29, 0.717) is 17.1 Å². The Hall–Kier alpha value is -2.58. The van der Waals surface area contributed by atoms with Gasteiger partial charge in [0, 0.05) is 10.5 Å². The highest BCUT2D eigenvalue weighted by Gasteiger charge is 2.12. The van der Waals surface area contributed by atoms with Crippen molar-refractivity contribution in [3.05, 3.63) is 64.1 Å². The Labute approximate surface area is 136 Å². The van der Waals surface area contributed by atoms with Gasteiger partial charge in [-0.15, -0.1) is 0 Å². The molecule has 0 fully saturated rings. The maximum Gasteiger partial charge on any atom is 0.343 e. The fraction of sp³-hybridized carbons (Fsp3) is 0.0588. The molecule has 4 nitrogen and oxygen atoms in total. The van der Waals surface area contributed by atoms with Crippen LogP contribution in [0.25, 0.3) is 6.08 Å². The van der Waals surface area contributed by atoms with Crippen molar-refractivity contribution in [2.75, 3.05) is 7.11 Å². The van der Waals surface area contributed by atoms with Gasteiger partial charge in [0.1, 0.15) is 0 Å². The number of hydrogen-bond acceptors (Lipinski definition) is 4. The first-order valence-electron chi connectivity index (χ1n) is 6.36. The monoisotopic (exact) mass is 357 g/mol. The molecule has 2 aromatic rings. The molecule has 0 atom stereocenters. The fourth-order valence-electron chi connectivity index (χ4n) is 1.75. The summed E-state index contributed by atoms with van der Waals surface area (Å²) in [4.78, 5) is 12.1. The molecule has 0 spiro atoms. The first-order chi connectivity index (χ1) is 10.6. The molecule has 2 aromatic carbocycles. The second kappa shape index (κ2) is 7.43. The summed E-state index contributed by atoms with van der Waals surface area (Å²) in [7, 11) is 1.49. The minimum atomic E-state index is -0.467. The fourth-order valence-corrected chi connectivity index (χ4v) is 2.01. The van der Waals surface area contributed by atoms with E-state index in [9.17, 15) is 4.79 Å². The molecule has 0 aliphatic heterocycles. The van der Waals surface area contributed by atoms with Crippen LogP contribution in [0.3, 0.4) is 0 Å². The lowest BCUT2D eigenvalue weighted by Crippen LogP contribution is -2.09.